The molecule has 0 heterocycles. The van der Waals surface area contributed by atoms with Gasteiger partial charge >= 0.3 is 0 Å². The maximum absolute atomic E-state index is 10.7. The highest BCUT2D eigenvalue weighted by Gasteiger charge is 2.34. The molecular weight excluding hydrogens is 286 g/mol. The topological polar surface area (TPSA) is 32.7 Å². The monoisotopic (exact) mass is 325 g/mol. The van der Waals surface area contributed by atoms with Gasteiger partial charge in [-0.15, -0.1) is 0 Å². The van der Waals surface area contributed by atoms with Crippen molar-refractivity contribution in [2.45, 2.75) is 114 Å². The van der Waals surface area contributed by atoms with Crippen molar-refractivity contribution in [1.29, 1.82) is 0 Å². The average molecular weight is 326 g/mol. The number of ether oxygens (including phenoxy) is 1. The number of hydrogen-bond acceptors (Lipinski definition) is 3. The fraction of sp³-hybridized carbons (Fsp3) is 1.00. The van der Waals surface area contributed by atoms with Crippen LogP contribution in [0, 0.1) is 0 Å². The lowest BCUT2D eigenvalue weighted by Gasteiger charge is -2.39. The molecule has 1 N–H and O–H groups in total. The highest BCUT2D eigenvalue weighted by molar-refractivity contribution is 4.88. The molecule has 0 bridgehead atoms. The van der Waals surface area contributed by atoms with Crippen LogP contribution in [0.25, 0.3) is 0 Å². The summed E-state index contributed by atoms with van der Waals surface area (Å²) in [7, 11) is 4.15. The second-order valence-corrected chi connectivity index (χ2v) is 8.01. The zero-order chi connectivity index (χ0) is 16.5. The Kier molecular flexibility index (Phi) is 8.92. The van der Waals surface area contributed by atoms with Crippen LogP contribution in [0.5, 0.6) is 0 Å². The molecule has 0 radical (unpaired) electrons. The molecule has 2 rings (SSSR count). The van der Waals surface area contributed by atoms with Gasteiger partial charge in [-0.25, -0.2) is 0 Å². The lowest BCUT2D eigenvalue weighted by molar-refractivity contribution is -0.121. The molecular formula is C20H39NO2. The van der Waals surface area contributed by atoms with Crippen LogP contribution in [-0.2, 0) is 4.74 Å². The Hall–Kier alpha value is -0.120. The van der Waals surface area contributed by atoms with Gasteiger partial charge in [0.15, 0.2) is 0 Å². The van der Waals surface area contributed by atoms with E-state index >= 15 is 0 Å². The van der Waals surface area contributed by atoms with Gasteiger partial charge in [-0.05, 0) is 46.2 Å². The molecule has 0 aromatic rings. The van der Waals surface area contributed by atoms with Gasteiger partial charge < -0.3 is 14.7 Å². The number of aliphatic hydroxyl groups excluding tert-OH is 1. The molecule has 23 heavy (non-hydrogen) atoms. The van der Waals surface area contributed by atoms with E-state index in [-0.39, 0.29) is 18.2 Å². The first-order valence-corrected chi connectivity index (χ1v) is 10.2. The predicted octanol–water partition coefficient (Wildman–Crippen LogP) is 4.52. The van der Waals surface area contributed by atoms with Gasteiger partial charge in [0, 0.05) is 6.04 Å². The molecule has 0 saturated heterocycles. The SMILES string of the molecule is CN(C)C1CCCC(OC2CCCCCCCCCCC2)C1O. The van der Waals surface area contributed by atoms with E-state index in [9.17, 15) is 5.11 Å². The Morgan fingerprint density at radius 2 is 1.22 bits per heavy atom. The van der Waals surface area contributed by atoms with E-state index in [4.69, 9.17) is 4.74 Å². The number of hydrogen-bond donors (Lipinski definition) is 1. The third kappa shape index (κ3) is 6.72. The maximum atomic E-state index is 10.7. The minimum atomic E-state index is -0.319. The zero-order valence-corrected chi connectivity index (χ0v) is 15.5. The minimum Gasteiger partial charge on any atom is -0.389 e. The highest BCUT2D eigenvalue weighted by Crippen LogP contribution is 2.28. The van der Waals surface area contributed by atoms with E-state index in [0.717, 1.165) is 12.8 Å². The van der Waals surface area contributed by atoms with Gasteiger partial charge in [-0.1, -0.05) is 57.8 Å². The summed E-state index contributed by atoms with van der Waals surface area (Å²) in [4.78, 5) is 2.17. The second-order valence-electron chi connectivity index (χ2n) is 8.01. The van der Waals surface area contributed by atoms with Crippen molar-refractivity contribution in [2.24, 2.45) is 0 Å². The summed E-state index contributed by atoms with van der Waals surface area (Å²) in [5, 5.41) is 10.7. The van der Waals surface area contributed by atoms with Crippen molar-refractivity contribution in [1.82, 2.24) is 4.90 Å². The van der Waals surface area contributed by atoms with Crippen LogP contribution in [0.15, 0.2) is 0 Å². The van der Waals surface area contributed by atoms with Crippen LogP contribution < -0.4 is 0 Å². The fourth-order valence-electron chi connectivity index (χ4n) is 4.34. The van der Waals surface area contributed by atoms with E-state index in [1.807, 2.05) is 0 Å². The molecule has 3 nitrogen and oxygen atoms in total. The van der Waals surface area contributed by atoms with Crippen molar-refractivity contribution in [2.75, 3.05) is 14.1 Å². The third-order valence-electron chi connectivity index (χ3n) is 5.85. The quantitative estimate of drug-likeness (QED) is 0.828. The average Bonchev–Trinajstić information content (AvgIpc) is 2.51. The maximum Gasteiger partial charge on any atom is 0.0956 e. The smallest absolute Gasteiger partial charge is 0.0956 e. The van der Waals surface area contributed by atoms with Crippen LogP contribution >= 0.6 is 0 Å². The number of likely N-dealkylation sites (N-methyl/N-ethyl adjacent to an activating group) is 1. The molecule has 136 valence electrons. The highest BCUT2D eigenvalue weighted by atomic mass is 16.5. The lowest BCUT2D eigenvalue weighted by atomic mass is 9.89. The Balaban J connectivity index is 1.83. The minimum absolute atomic E-state index is 0.0501. The number of rotatable bonds is 3. The Morgan fingerprint density at radius 3 is 1.74 bits per heavy atom. The van der Waals surface area contributed by atoms with Crippen LogP contribution in [0.1, 0.15) is 89.9 Å². The molecule has 2 saturated carbocycles. The summed E-state index contributed by atoms with van der Waals surface area (Å²) in [6.07, 6.45) is 18.1. The second kappa shape index (κ2) is 10.7. The van der Waals surface area contributed by atoms with Crippen molar-refractivity contribution in [3.05, 3.63) is 0 Å². The van der Waals surface area contributed by atoms with Crippen LogP contribution in [-0.4, -0.2) is 48.5 Å². The van der Waals surface area contributed by atoms with Gasteiger partial charge in [0.1, 0.15) is 0 Å². The molecule has 3 heteroatoms. The lowest BCUT2D eigenvalue weighted by Crippen LogP contribution is -2.50. The summed E-state index contributed by atoms with van der Waals surface area (Å²) < 4.78 is 6.45. The first-order valence-electron chi connectivity index (χ1n) is 10.2. The molecule has 2 fully saturated rings. The Morgan fingerprint density at radius 1 is 0.696 bits per heavy atom. The zero-order valence-electron chi connectivity index (χ0n) is 15.5. The van der Waals surface area contributed by atoms with E-state index in [2.05, 4.69) is 19.0 Å². The Labute approximate surface area is 143 Å². The first-order chi connectivity index (χ1) is 11.2. The van der Waals surface area contributed by atoms with Crippen molar-refractivity contribution < 1.29 is 9.84 Å². The van der Waals surface area contributed by atoms with Gasteiger partial charge in [0.05, 0.1) is 18.3 Å². The number of nitrogens with zero attached hydrogens (tertiary/aromatic N) is 1. The summed E-state index contributed by atoms with van der Waals surface area (Å²) in [5.74, 6) is 0. The van der Waals surface area contributed by atoms with Crippen LogP contribution in [0.3, 0.4) is 0 Å². The fourth-order valence-corrected chi connectivity index (χ4v) is 4.34. The standard InChI is InChI=1S/C20H39NO2/c1-21(2)18-15-12-16-19(20(18)22)23-17-13-10-8-6-4-3-5-7-9-11-14-17/h17-20,22H,3-16H2,1-2H3. The van der Waals surface area contributed by atoms with Crippen molar-refractivity contribution in [3.63, 3.8) is 0 Å². The van der Waals surface area contributed by atoms with E-state index < -0.39 is 0 Å². The summed E-state index contributed by atoms with van der Waals surface area (Å²) in [6.45, 7) is 0. The molecule has 0 aromatic carbocycles. The molecule has 3 unspecified atom stereocenters. The molecule has 2 aliphatic rings. The van der Waals surface area contributed by atoms with E-state index in [0.29, 0.717) is 6.10 Å². The molecule has 0 aliphatic heterocycles. The molecule has 3 atom stereocenters. The van der Waals surface area contributed by atoms with Gasteiger partial charge in [-0.3, -0.25) is 0 Å². The van der Waals surface area contributed by atoms with E-state index in [1.165, 1.54) is 77.0 Å². The largest absolute Gasteiger partial charge is 0.389 e. The van der Waals surface area contributed by atoms with Crippen molar-refractivity contribution in [3.8, 4) is 0 Å². The molecule has 0 spiro atoms. The van der Waals surface area contributed by atoms with Crippen molar-refractivity contribution >= 4 is 0 Å². The summed E-state index contributed by atoms with van der Waals surface area (Å²) in [6, 6.07) is 0.264. The van der Waals surface area contributed by atoms with Crippen LogP contribution in [0.4, 0.5) is 0 Å². The molecule has 0 aromatic heterocycles. The summed E-state index contributed by atoms with van der Waals surface area (Å²) in [5.41, 5.74) is 0. The normalized spacial score (nSPS) is 33.1. The van der Waals surface area contributed by atoms with E-state index in [1.54, 1.807) is 0 Å². The number of aliphatic hydroxyl groups is 1. The molecule has 2 aliphatic carbocycles. The van der Waals surface area contributed by atoms with Gasteiger partial charge in [0.2, 0.25) is 0 Å². The predicted molar refractivity (Wildman–Crippen MR) is 96.8 cm³/mol. The third-order valence-corrected chi connectivity index (χ3v) is 5.85. The summed E-state index contributed by atoms with van der Waals surface area (Å²) >= 11 is 0. The molecule has 0 amide bonds. The Bertz CT molecular complexity index is 296. The van der Waals surface area contributed by atoms with Gasteiger partial charge in [-0.2, -0.15) is 0 Å². The van der Waals surface area contributed by atoms with Gasteiger partial charge in [0.25, 0.3) is 0 Å². The van der Waals surface area contributed by atoms with Crippen LogP contribution in [0.2, 0.25) is 0 Å². The first kappa shape index (κ1) is 19.2.